The van der Waals surface area contributed by atoms with Crippen LogP contribution in [0.25, 0.3) is 0 Å². The van der Waals surface area contributed by atoms with Gasteiger partial charge in [-0.15, -0.1) is 0 Å². The number of anilines is 1. The van der Waals surface area contributed by atoms with Crippen LogP contribution >= 0.6 is 15.9 Å². The lowest BCUT2D eigenvalue weighted by atomic mass is 10.2. The second kappa shape index (κ2) is 2.50. The van der Waals surface area contributed by atoms with E-state index in [0.717, 1.165) is 10.0 Å². The minimum atomic E-state index is 0.131. The van der Waals surface area contributed by atoms with Gasteiger partial charge in [-0.05, 0) is 40.5 Å². The summed E-state index contributed by atoms with van der Waals surface area (Å²) < 4.78 is 0.741. The summed E-state index contributed by atoms with van der Waals surface area (Å²) in [4.78, 5) is 0. The van der Waals surface area contributed by atoms with Gasteiger partial charge < -0.3 is 10.8 Å². The van der Waals surface area contributed by atoms with Gasteiger partial charge in [-0.3, -0.25) is 0 Å². The number of hydrogen-bond acceptors (Lipinski definition) is 2. The van der Waals surface area contributed by atoms with E-state index in [1.54, 1.807) is 6.07 Å². The molecule has 0 amide bonds. The Labute approximate surface area is 67.8 Å². The molecule has 0 radical (unpaired) electrons. The fourth-order valence-corrected chi connectivity index (χ4v) is 1.30. The van der Waals surface area contributed by atoms with Crippen LogP contribution in [0, 0.1) is 6.92 Å². The average molecular weight is 202 g/mol. The van der Waals surface area contributed by atoms with Crippen LogP contribution in [-0.4, -0.2) is 5.11 Å². The summed E-state index contributed by atoms with van der Waals surface area (Å²) in [5, 5.41) is 9.13. The Morgan fingerprint density at radius 1 is 1.50 bits per heavy atom. The Kier molecular flexibility index (Phi) is 1.85. The van der Waals surface area contributed by atoms with Crippen molar-refractivity contribution in [3.8, 4) is 5.75 Å². The molecule has 0 bridgehead atoms. The zero-order chi connectivity index (χ0) is 7.72. The molecule has 54 valence electrons. The highest BCUT2D eigenvalue weighted by Crippen LogP contribution is 2.29. The van der Waals surface area contributed by atoms with Gasteiger partial charge in [0.1, 0.15) is 5.75 Å². The maximum absolute atomic E-state index is 9.13. The summed E-state index contributed by atoms with van der Waals surface area (Å²) >= 11 is 3.21. The largest absolute Gasteiger partial charge is 0.506 e. The van der Waals surface area contributed by atoms with Gasteiger partial charge in [0.15, 0.2) is 0 Å². The van der Waals surface area contributed by atoms with E-state index in [-0.39, 0.29) is 5.75 Å². The molecule has 0 aliphatic heterocycles. The van der Waals surface area contributed by atoms with Gasteiger partial charge in [0, 0.05) is 4.47 Å². The Morgan fingerprint density at radius 3 is 2.60 bits per heavy atom. The van der Waals surface area contributed by atoms with Crippen LogP contribution < -0.4 is 5.73 Å². The number of halogens is 1. The lowest BCUT2D eigenvalue weighted by Gasteiger charge is -2.01. The molecule has 2 nitrogen and oxygen atoms in total. The van der Waals surface area contributed by atoms with Crippen LogP contribution in [0.3, 0.4) is 0 Å². The first-order valence-corrected chi connectivity index (χ1v) is 3.65. The number of aromatic hydroxyl groups is 1. The second-order valence-corrected chi connectivity index (χ2v) is 3.03. The van der Waals surface area contributed by atoms with E-state index in [9.17, 15) is 0 Å². The highest BCUT2D eigenvalue weighted by atomic mass is 79.9. The van der Waals surface area contributed by atoms with E-state index < -0.39 is 0 Å². The molecule has 0 unspecified atom stereocenters. The van der Waals surface area contributed by atoms with Crippen molar-refractivity contribution in [2.24, 2.45) is 0 Å². The van der Waals surface area contributed by atoms with Gasteiger partial charge in [0.25, 0.3) is 0 Å². The third-order valence-electron chi connectivity index (χ3n) is 1.25. The van der Waals surface area contributed by atoms with Gasteiger partial charge in [-0.2, -0.15) is 0 Å². The van der Waals surface area contributed by atoms with E-state index in [1.807, 2.05) is 13.0 Å². The Morgan fingerprint density at radius 2 is 2.10 bits per heavy atom. The maximum atomic E-state index is 9.13. The molecule has 3 heteroatoms. The molecule has 0 spiro atoms. The second-order valence-electron chi connectivity index (χ2n) is 2.18. The molecule has 10 heavy (non-hydrogen) atoms. The van der Waals surface area contributed by atoms with Crippen LogP contribution in [0.4, 0.5) is 5.69 Å². The van der Waals surface area contributed by atoms with Crippen LogP contribution in [0.15, 0.2) is 16.6 Å². The van der Waals surface area contributed by atoms with Gasteiger partial charge in [0.05, 0.1) is 5.69 Å². The SMILES string of the molecule is Cc1cc(O)c(N)c(Br)c1. The minimum absolute atomic E-state index is 0.131. The van der Waals surface area contributed by atoms with Crippen molar-refractivity contribution in [2.75, 3.05) is 5.73 Å². The van der Waals surface area contributed by atoms with E-state index in [2.05, 4.69) is 15.9 Å². The number of phenolic OH excluding ortho intramolecular Hbond substituents is 1. The molecule has 1 aromatic rings. The number of phenols is 1. The van der Waals surface area contributed by atoms with Crippen molar-refractivity contribution in [1.82, 2.24) is 0 Å². The summed E-state index contributed by atoms with van der Waals surface area (Å²) in [7, 11) is 0. The fourth-order valence-electron chi connectivity index (χ4n) is 0.735. The van der Waals surface area contributed by atoms with Crippen molar-refractivity contribution >= 4 is 21.6 Å². The molecule has 0 atom stereocenters. The maximum Gasteiger partial charge on any atom is 0.139 e. The van der Waals surface area contributed by atoms with Crippen molar-refractivity contribution in [1.29, 1.82) is 0 Å². The summed E-state index contributed by atoms with van der Waals surface area (Å²) in [6.07, 6.45) is 0. The first-order chi connectivity index (χ1) is 4.61. The molecule has 0 saturated carbocycles. The number of nitrogen functional groups attached to an aromatic ring is 1. The molecule has 1 rings (SSSR count). The van der Waals surface area contributed by atoms with Gasteiger partial charge in [-0.1, -0.05) is 0 Å². The molecular weight excluding hydrogens is 194 g/mol. The zero-order valence-corrected chi connectivity index (χ0v) is 7.14. The van der Waals surface area contributed by atoms with Crippen LogP contribution in [0.2, 0.25) is 0 Å². The third-order valence-corrected chi connectivity index (χ3v) is 1.91. The Bertz CT molecular complexity index is 237. The van der Waals surface area contributed by atoms with E-state index in [0.29, 0.717) is 5.69 Å². The molecule has 0 aliphatic carbocycles. The van der Waals surface area contributed by atoms with Gasteiger partial charge >= 0.3 is 0 Å². The first-order valence-electron chi connectivity index (χ1n) is 2.86. The molecule has 0 aliphatic rings. The topological polar surface area (TPSA) is 46.2 Å². The third kappa shape index (κ3) is 1.24. The predicted octanol–water partition coefficient (Wildman–Crippen LogP) is 2.05. The summed E-state index contributed by atoms with van der Waals surface area (Å²) in [6, 6.07) is 3.48. The lowest BCUT2D eigenvalue weighted by molar-refractivity contribution is 0.477. The van der Waals surface area contributed by atoms with Crippen LogP contribution in [0.1, 0.15) is 5.56 Å². The Hall–Kier alpha value is -0.700. The quantitative estimate of drug-likeness (QED) is 0.499. The number of hydrogen-bond donors (Lipinski definition) is 2. The summed E-state index contributed by atoms with van der Waals surface area (Å²) in [6.45, 7) is 1.89. The fraction of sp³-hybridized carbons (Fsp3) is 0.143. The van der Waals surface area contributed by atoms with Gasteiger partial charge in [-0.25, -0.2) is 0 Å². The first kappa shape index (κ1) is 7.41. The molecule has 0 fully saturated rings. The van der Waals surface area contributed by atoms with E-state index in [1.165, 1.54) is 0 Å². The number of rotatable bonds is 0. The molecule has 0 saturated heterocycles. The number of nitrogens with two attached hydrogens (primary N) is 1. The average Bonchev–Trinajstić information content (AvgIpc) is 1.82. The standard InChI is InChI=1S/C7H8BrNO/c1-4-2-5(8)7(9)6(10)3-4/h2-3,10H,9H2,1H3. The smallest absolute Gasteiger partial charge is 0.139 e. The number of aryl methyl sites for hydroxylation is 1. The van der Waals surface area contributed by atoms with E-state index in [4.69, 9.17) is 10.8 Å². The number of benzene rings is 1. The monoisotopic (exact) mass is 201 g/mol. The van der Waals surface area contributed by atoms with Crippen molar-refractivity contribution in [3.63, 3.8) is 0 Å². The van der Waals surface area contributed by atoms with Crippen LogP contribution in [-0.2, 0) is 0 Å². The molecular formula is C7H8BrNO. The summed E-state index contributed by atoms with van der Waals surface area (Å²) in [5.41, 5.74) is 6.83. The highest BCUT2D eigenvalue weighted by molar-refractivity contribution is 9.10. The molecule has 1 aromatic carbocycles. The molecule has 3 N–H and O–H groups in total. The van der Waals surface area contributed by atoms with Crippen molar-refractivity contribution in [2.45, 2.75) is 6.92 Å². The molecule has 0 aromatic heterocycles. The normalized spacial score (nSPS) is 9.80. The van der Waals surface area contributed by atoms with Crippen molar-refractivity contribution < 1.29 is 5.11 Å². The lowest BCUT2D eigenvalue weighted by Crippen LogP contribution is -1.87. The van der Waals surface area contributed by atoms with Crippen LogP contribution in [0.5, 0.6) is 5.75 Å². The van der Waals surface area contributed by atoms with E-state index >= 15 is 0 Å². The van der Waals surface area contributed by atoms with Crippen molar-refractivity contribution in [3.05, 3.63) is 22.2 Å². The minimum Gasteiger partial charge on any atom is -0.506 e. The Balaban J connectivity index is 3.31. The predicted molar refractivity (Wildman–Crippen MR) is 45.0 cm³/mol. The molecule has 0 heterocycles. The van der Waals surface area contributed by atoms with Gasteiger partial charge in [0.2, 0.25) is 0 Å². The highest BCUT2D eigenvalue weighted by Gasteiger charge is 2.00. The summed E-state index contributed by atoms with van der Waals surface area (Å²) in [5.74, 6) is 0.131. The zero-order valence-electron chi connectivity index (χ0n) is 5.56.